The van der Waals surface area contributed by atoms with Gasteiger partial charge in [-0.25, -0.2) is 0 Å². The first-order valence-corrected chi connectivity index (χ1v) is 8.11. The molecule has 0 aromatic carbocycles. The van der Waals surface area contributed by atoms with Gasteiger partial charge in [-0.2, -0.15) is 0 Å². The minimum absolute atomic E-state index is 0.0999. The van der Waals surface area contributed by atoms with Gasteiger partial charge in [-0.15, -0.1) is 11.3 Å². The Balaban J connectivity index is 2.12. The molecular weight excluding hydrogens is 314 g/mol. The molecule has 1 heterocycles. The molecule has 21 heavy (non-hydrogen) atoms. The first-order chi connectivity index (χ1) is 10.1. The maximum atomic E-state index is 5.95. The Labute approximate surface area is 135 Å². The highest BCUT2D eigenvalue weighted by molar-refractivity contribution is 7.16. The summed E-state index contributed by atoms with van der Waals surface area (Å²) in [7, 11) is 1.65. The Bertz CT molecular complexity index is 376. The second-order valence-electron chi connectivity index (χ2n) is 4.51. The highest BCUT2D eigenvalue weighted by Crippen LogP contribution is 2.30. The van der Waals surface area contributed by atoms with Crippen molar-refractivity contribution in [2.45, 2.75) is 19.1 Å². The van der Waals surface area contributed by atoms with Gasteiger partial charge >= 0.3 is 0 Å². The number of ether oxygens (including phenoxy) is 4. The van der Waals surface area contributed by atoms with Gasteiger partial charge in [-0.3, -0.25) is 0 Å². The molecule has 0 aliphatic carbocycles. The van der Waals surface area contributed by atoms with Crippen LogP contribution in [0.4, 0.5) is 0 Å². The van der Waals surface area contributed by atoms with Gasteiger partial charge in [0.2, 0.25) is 0 Å². The van der Waals surface area contributed by atoms with Crippen LogP contribution in [0.25, 0.3) is 0 Å². The van der Waals surface area contributed by atoms with Gasteiger partial charge in [0.15, 0.2) is 0 Å². The second-order valence-corrected chi connectivity index (χ2v) is 6.26. The normalized spacial score (nSPS) is 14.3. The summed E-state index contributed by atoms with van der Waals surface area (Å²) in [4.78, 5) is 1.04. The van der Waals surface area contributed by atoms with Crippen LogP contribution in [-0.2, 0) is 18.9 Å². The van der Waals surface area contributed by atoms with Crippen LogP contribution in [0.2, 0.25) is 4.34 Å². The summed E-state index contributed by atoms with van der Waals surface area (Å²) < 4.78 is 22.1. The van der Waals surface area contributed by atoms with Crippen LogP contribution in [0.1, 0.15) is 17.9 Å². The van der Waals surface area contributed by atoms with Crippen molar-refractivity contribution in [2.24, 2.45) is 5.73 Å². The van der Waals surface area contributed by atoms with Gasteiger partial charge in [0.25, 0.3) is 0 Å². The lowest BCUT2D eigenvalue weighted by atomic mass is 10.1. The average molecular weight is 338 g/mol. The van der Waals surface area contributed by atoms with E-state index in [1.54, 1.807) is 7.11 Å². The van der Waals surface area contributed by atoms with Crippen LogP contribution < -0.4 is 5.73 Å². The van der Waals surface area contributed by atoms with Crippen molar-refractivity contribution >= 4 is 22.9 Å². The van der Waals surface area contributed by atoms with E-state index >= 15 is 0 Å². The van der Waals surface area contributed by atoms with Crippen molar-refractivity contribution < 1.29 is 18.9 Å². The molecule has 2 N–H and O–H groups in total. The van der Waals surface area contributed by atoms with E-state index in [4.69, 9.17) is 36.3 Å². The fourth-order valence-electron chi connectivity index (χ4n) is 1.67. The monoisotopic (exact) mass is 337 g/mol. The lowest BCUT2D eigenvalue weighted by molar-refractivity contribution is -0.0211. The van der Waals surface area contributed by atoms with Crippen LogP contribution >= 0.6 is 22.9 Å². The molecule has 0 spiro atoms. The van der Waals surface area contributed by atoms with E-state index < -0.39 is 0 Å². The van der Waals surface area contributed by atoms with E-state index in [1.807, 2.05) is 19.1 Å². The smallest absolute Gasteiger partial charge is 0.107 e. The SMILES string of the molecule is COCCOCCOCCOC(c1ccc(Cl)s1)C(C)N. The van der Waals surface area contributed by atoms with E-state index in [-0.39, 0.29) is 12.1 Å². The van der Waals surface area contributed by atoms with Crippen molar-refractivity contribution in [3.8, 4) is 0 Å². The number of rotatable bonds is 12. The van der Waals surface area contributed by atoms with Gasteiger partial charge in [-0.1, -0.05) is 11.6 Å². The summed E-state index contributed by atoms with van der Waals surface area (Å²) >= 11 is 7.43. The van der Waals surface area contributed by atoms with Crippen LogP contribution in [0.3, 0.4) is 0 Å². The van der Waals surface area contributed by atoms with Crippen LogP contribution in [-0.4, -0.2) is 52.8 Å². The number of nitrogens with two attached hydrogens (primary N) is 1. The number of thiophene rings is 1. The van der Waals surface area contributed by atoms with E-state index in [1.165, 1.54) is 11.3 Å². The Morgan fingerprint density at radius 2 is 1.71 bits per heavy atom. The molecule has 1 rings (SSSR count). The lowest BCUT2D eigenvalue weighted by Crippen LogP contribution is -2.27. The minimum atomic E-state index is -0.149. The van der Waals surface area contributed by atoms with E-state index in [9.17, 15) is 0 Å². The van der Waals surface area contributed by atoms with E-state index in [2.05, 4.69) is 0 Å². The molecule has 7 heteroatoms. The van der Waals surface area contributed by atoms with Gasteiger partial charge in [0, 0.05) is 18.0 Å². The summed E-state index contributed by atoms with van der Waals surface area (Å²) in [5.74, 6) is 0. The highest BCUT2D eigenvalue weighted by Gasteiger charge is 2.18. The maximum absolute atomic E-state index is 5.95. The van der Waals surface area contributed by atoms with Gasteiger partial charge in [0.05, 0.1) is 44.0 Å². The van der Waals surface area contributed by atoms with Crippen molar-refractivity contribution in [3.05, 3.63) is 21.3 Å². The number of halogens is 1. The summed E-state index contributed by atoms with van der Waals surface area (Å²) in [6, 6.07) is 3.71. The molecule has 2 atom stereocenters. The molecule has 122 valence electrons. The third-order valence-corrected chi connectivity index (χ3v) is 3.97. The predicted octanol–water partition coefficient (Wildman–Crippen LogP) is 2.49. The first-order valence-electron chi connectivity index (χ1n) is 6.92. The molecule has 0 saturated heterocycles. The van der Waals surface area contributed by atoms with Gasteiger partial charge in [-0.05, 0) is 19.1 Å². The third kappa shape index (κ3) is 8.11. The molecule has 0 bridgehead atoms. The fourth-order valence-corrected chi connectivity index (χ4v) is 2.90. The average Bonchev–Trinajstić information content (AvgIpc) is 2.87. The van der Waals surface area contributed by atoms with Crippen LogP contribution in [0.5, 0.6) is 0 Å². The van der Waals surface area contributed by atoms with Crippen molar-refractivity contribution in [1.29, 1.82) is 0 Å². The zero-order chi connectivity index (χ0) is 15.5. The zero-order valence-electron chi connectivity index (χ0n) is 12.5. The second kappa shape index (κ2) is 11.4. The van der Waals surface area contributed by atoms with E-state index in [0.29, 0.717) is 39.6 Å². The topological polar surface area (TPSA) is 62.9 Å². The molecule has 0 aliphatic rings. The molecule has 0 amide bonds. The van der Waals surface area contributed by atoms with E-state index in [0.717, 1.165) is 9.21 Å². The lowest BCUT2D eigenvalue weighted by Gasteiger charge is -2.20. The molecule has 0 fully saturated rings. The third-order valence-electron chi connectivity index (χ3n) is 2.68. The first kappa shape index (κ1) is 18.8. The Kier molecular flexibility index (Phi) is 10.2. The minimum Gasteiger partial charge on any atom is -0.382 e. The van der Waals surface area contributed by atoms with Crippen molar-refractivity contribution in [3.63, 3.8) is 0 Å². The predicted molar refractivity (Wildman–Crippen MR) is 85.2 cm³/mol. The maximum Gasteiger partial charge on any atom is 0.107 e. The molecule has 0 radical (unpaired) electrons. The van der Waals surface area contributed by atoms with Gasteiger partial charge < -0.3 is 24.7 Å². The summed E-state index contributed by atoms with van der Waals surface area (Å²) in [5.41, 5.74) is 5.95. The fraction of sp³-hybridized carbons (Fsp3) is 0.714. The number of methoxy groups -OCH3 is 1. The Hall–Kier alpha value is -0.210. The van der Waals surface area contributed by atoms with Gasteiger partial charge in [0.1, 0.15) is 6.10 Å². The summed E-state index contributed by atoms with van der Waals surface area (Å²) in [5, 5.41) is 0. The number of hydrogen-bond donors (Lipinski definition) is 1. The quantitative estimate of drug-likeness (QED) is 0.594. The molecule has 1 aromatic rings. The molecule has 0 saturated carbocycles. The molecular formula is C14H24ClNO4S. The highest BCUT2D eigenvalue weighted by atomic mass is 35.5. The summed E-state index contributed by atoms with van der Waals surface area (Å²) in [6.45, 7) is 5.20. The van der Waals surface area contributed by atoms with Crippen LogP contribution in [0.15, 0.2) is 12.1 Å². The zero-order valence-corrected chi connectivity index (χ0v) is 14.1. The summed E-state index contributed by atoms with van der Waals surface area (Å²) in [6.07, 6.45) is -0.149. The Morgan fingerprint density at radius 3 is 2.24 bits per heavy atom. The van der Waals surface area contributed by atoms with Crippen molar-refractivity contribution in [2.75, 3.05) is 46.8 Å². The number of hydrogen-bond acceptors (Lipinski definition) is 6. The molecule has 5 nitrogen and oxygen atoms in total. The molecule has 2 unspecified atom stereocenters. The van der Waals surface area contributed by atoms with Crippen molar-refractivity contribution in [1.82, 2.24) is 0 Å². The van der Waals surface area contributed by atoms with Crippen LogP contribution in [0, 0.1) is 0 Å². The standard InChI is InChI=1S/C14H24ClNO4S/c1-11(16)14(12-3-4-13(15)21-12)20-10-9-19-8-7-18-6-5-17-2/h3-4,11,14H,5-10,16H2,1-2H3. The largest absolute Gasteiger partial charge is 0.382 e. The Morgan fingerprint density at radius 1 is 1.10 bits per heavy atom. The molecule has 1 aromatic heterocycles. The molecule has 0 aliphatic heterocycles.